The van der Waals surface area contributed by atoms with Crippen molar-refractivity contribution < 1.29 is 19.1 Å². The zero-order valence-electron chi connectivity index (χ0n) is 21.1. The van der Waals surface area contributed by atoms with E-state index in [4.69, 9.17) is 16.3 Å². The van der Waals surface area contributed by atoms with Crippen LogP contribution in [-0.4, -0.2) is 49.6 Å². The smallest absolute Gasteiger partial charge is 0.410 e. The maximum atomic E-state index is 12.9. The molecule has 11 nitrogen and oxygen atoms in total. The molecule has 1 fully saturated rings. The predicted molar refractivity (Wildman–Crippen MR) is 138 cm³/mol. The number of piperidine rings is 1. The Morgan fingerprint density at radius 3 is 2.43 bits per heavy atom. The van der Waals surface area contributed by atoms with Gasteiger partial charge in [0.1, 0.15) is 17.1 Å². The maximum absolute atomic E-state index is 12.9. The molecule has 1 saturated heterocycles. The van der Waals surface area contributed by atoms with Gasteiger partial charge in [0.25, 0.3) is 11.8 Å². The van der Waals surface area contributed by atoms with Gasteiger partial charge in [0.05, 0.1) is 6.04 Å². The van der Waals surface area contributed by atoms with E-state index in [1.54, 1.807) is 74.3 Å². The third kappa shape index (κ3) is 5.71. The lowest BCUT2D eigenvalue weighted by Crippen LogP contribution is -2.43. The van der Waals surface area contributed by atoms with Crippen LogP contribution in [0.4, 0.5) is 10.6 Å². The highest BCUT2D eigenvalue weighted by Gasteiger charge is 2.36. The number of amides is 3. The normalized spacial score (nSPS) is 15.8. The number of benzene rings is 1. The first-order valence-electron chi connectivity index (χ1n) is 12.0. The lowest BCUT2D eigenvalue weighted by atomic mass is 10.0. The molecule has 0 aliphatic carbocycles. The van der Waals surface area contributed by atoms with Crippen LogP contribution in [0.15, 0.2) is 48.7 Å². The van der Waals surface area contributed by atoms with Crippen LogP contribution in [0.3, 0.4) is 0 Å². The van der Waals surface area contributed by atoms with Gasteiger partial charge in [0.15, 0.2) is 11.5 Å². The topological polar surface area (TPSA) is 158 Å². The van der Waals surface area contributed by atoms with Crippen molar-refractivity contribution in [3.8, 4) is 11.3 Å². The molecule has 1 atom stereocenters. The number of ether oxygens (including phenoxy) is 1. The summed E-state index contributed by atoms with van der Waals surface area (Å²) in [5.74, 6) is 6.01. The van der Waals surface area contributed by atoms with E-state index in [1.165, 1.54) is 0 Å². The second kappa shape index (κ2) is 10.3. The number of nitrogens with one attached hydrogen (secondary N) is 1. The number of hydrogen-bond acceptors (Lipinski definition) is 7. The molecule has 5 N–H and O–H groups in total. The number of imidazole rings is 1. The highest BCUT2D eigenvalue weighted by Crippen LogP contribution is 2.34. The summed E-state index contributed by atoms with van der Waals surface area (Å²) in [4.78, 5) is 48.3. The van der Waals surface area contributed by atoms with Gasteiger partial charge in [-0.05, 0) is 64.3 Å². The van der Waals surface area contributed by atoms with Crippen LogP contribution in [0, 0.1) is 0 Å². The lowest BCUT2D eigenvalue weighted by Gasteiger charge is -2.36. The molecular weight excluding hydrogens is 474 g/mol. The molecular formula is C26H31N7O4. The molecule has 37 heavy (non-hydrogen) atoms. The molecule has 1 aliphatic rings. The monoisotopic (exact) mass is 505 g/mol. The molecule has 0 spiro atoms. The molecule has 0 saturated carbocycles. The van der Waals surface area contributed by atoms with Gasteiger partial charge in [-0.1, -0.05) is 18.2 Å². The molecule has 1 aliphatic heterocycles. The van der Waals surface area contributed by atoms with Crippen molar-refractivity contribution in [1.29, 1.82) is 0 Å². The number of primary amides is 1. The van der Waals surface area contributed by atoms with Crippen LogP contribution in [0.25, 0.3) is 11.3 Å². The fourth-order valence-corrected chi connectivity index (χ4v) is 4.27. The van der Waals surface area contributed by atoms with Crippen molar-refractivity contribution in [2.45, 2.75) is 51.7 Å². The maximum Gasteiger partial charge on any atom is 0.410 e. The number of likely N-dealkylation sites (tertiary alicyclic amines) is 1. The molecule has 3 amide bonds. The molecule has 11 heteroatoms. The fourth-order valence-electron chi connectivity index (χ4n) is 4.27. The minimum absolute atomic E-state index is 0.00963. The Bertz CT molecular complexity index is 1300. The van der Waals surface area contributed by atoms with Gasteiger partial charge >= 0.3 is 6.09 Å². The fraction of sp³-hybridized carbons (Fsp3) is 0.346. The zero-order chi connectivity index (χ0) is 26.7. The number of anilines is 1. The number of rotatable bonds is 5. The number of nitrogens with two attached hydrogens (primary N) is 2. The van der Waals surface area contributed by atoms with Crippen LogP contribution in [-0.2, 0) is 4.74 Å². The number of nitrogen functional groups attached to an aromatic ring is 1. The van der Waals surface area contributed by atoms with Crippen LogP contribution < -0.4 is 16.9 Å². The average molecular weight is 506 g/mol. The first-order valence-corrected chi connectivity index (χ1v) is 12.0. The van der Waals surface area contributed by atoms with E-state index in [2.05, 4.69) is 15.3 Å². The highest BCUT2D eigenvalue weighted by atomic mass is 16.6. The Balaban J connectivity index is 1.64. The summed E-state index contributed by atoms with van der Waals surface area (Å²) in [5.41, 5.74) is 6.25. The molecule has 1 aromatic carbocycles. The van der Waals surface area contributed by atoms with Crippen molar-refractivity contribution in [3.63, 3.8) is 0 Å². The molecule has 0 unspecified atom stereocenters. The summed E-state index contributed by atoms with van der Waals surface area (Å²) < 4.78 is 6.75. The first kappa shape index (κ1) is 25.7. The Morgan fingerprint density at radius 2 is 1.81 bits per heavy atom. The van der Waals surface area contributed by atoms with Crippen molar-refractivity contribution in [2.24, 2.45) is 5.73 Å². The third-order valence-electron chi connectivity index (χ3n) is 5.93. The van der Waals surface area contributed by atoms with Gasteiger partial charge in [0.2, 0.25) is 0 Å². The second-order valence-corrected chi connectivity index (χ2v) is 9.83. The summed E-state index contributed by atoms with van der Waals surface area (Å²) in [6.45, 7) is 5.89. The second-order valence-electron chi connectivity index (χ2n) is 9.83. The molecule has 0 bridgehead atoms. The van der Waals surface area contributed by atoms with Crippen molar-refractivity contribution in [3.05, 3.63) is 65.7 Å². The summed E-state index contributed by atoms with van der Waals surface area (Å²) >= 11 is 0. The SMILES string of the molecule is CC(C)(C)OC(=O)N1CCCC[C@H]1c1nc(-c2ccc(C(=O)Nc3ccccn3)cc2)c(C(N)=O)n1N. The van der Waals surface area contributed by atoms with Gasteiger partial charge in [-0.15, -0.1) is 0 Å². The molecule has 3 aromatic rings. The number of carbonyl (C=O) groups excluding carboxylic acids is 3. The Morgan fingerprint density at radius 1 is 1.08 bits per heavy atom. The number of aromatic nitrogens is 3. The Hall–Kier alpha value is -4.41. The Labute approximate surface area is 214 Å². The standard InChI is InChI=1S/C26H31N7O4/c1-26(2,3)37-25(36)32-15-7-5-8-18(32)23-31-20(21(22(27)34)33(23)28)16-10-12-17(13-11-16)24(35)30-19-9-4-6-14-29-19/h4,6,9-14,18H,5,7-8,15,28H2,1-3H3,(H2,27,34)(H,29,30,35)/t18-/m0/s1. The summed E-state index contributed by atoms with van der Waals surface area (Å²) in [5, 5.41) is 2.72. The third-order valence-corrected chi connectivity index (χ3v) is 5.93. The molecule has 4 rings (SSSR count). The van der Waals surface area contributed by atoms with E-state index < -0.39 is 23.6 Å². The summed E-state index contributed by atoms with van der Waals surface area (Å²) in [6, 6.07) is 11.3. The van der Waals surface area contributed by atoms with E-state index in [-0.39, 0.29) is 17.3 Å². The van der Waals surface area contributed by atoms with Crippen molar-refractivity contribution in [2.75, 3.05) is 17.7 Å². The van der Waals surface area contributed by atoms with E-state index in [0.717, 1.165) is 17.5 Å². The van der Waals surface area contributed by atoms with E-state index in [1.807, 2.05) is 0 Å². The van der Waals surface area contributed by atoms with Gasteiger partial charge in [-0.2, -0.15) is 0 Å². The number of hydrogen-bond donors (Lipinski definition) is 3. The molecule has 2 aromatic heterocycles. The Kier molecular flexibility index (Phi) is 7.14. The molecule has 0 radical (unpaired) electrons. The predicted octanol–water partition coefficient (Wildman–Crippen LogP) is 3.47. The molecule has 194 valence electrons. The zero-order valence-corrected chi connectivity index (χ0v) is 21.1. The van der Waals surface area contributed by atoms with Crippen LogP contribution >= 0.6 is 0 Å². The number of nitrogens with zero attached hydrogens (tertiary/aromatic N) is 4. The van der Waals surface area contributed by atoms with Gasteiger partial charge in [-0.25, -0.2) is 19.4 Å². The van der Waals surface area contributed by atoms with Gasteiger partial charge in [-0.3, -0.25) is 14.5 Å². The van der Waals surface area contributed by atoms with Crippen LogP contribution in [0.5, 0.6) is 0 Å². The van der Waals surface area contributed by atoms with Gasteiger partial charge < -0.3 is 21.6 Å². The minimum atomic E-state index is -0.757. The average Bonchev–Trinajstić information content (AvgIpc) is 3.21. The van der Waals surface area contributed by atoms with E-state index >= 15 is 0 Å². The largest absolute Gasteiger partial charge is 0.444 e. The molecule has 3 heterocycles. The van der Waals surface area contributed by atoms with E-state index in [0.29, 0.717) is 35.7 Å². The summed E-state index contributed by atoms with van der Waals surface area (Å²) in [7, 11) is 0. The van der Waals surface area contributed by atoms with Crippen molar-refractivity contribution in [1.82, 2.24) is 19.5 Å². The van der Waals surface area contributed by atoms with Crippen LogP contribution in [0.1, 0.15) is 72.7 Å². The van der Waals surface area contributed by atoms with Crippen LogP contribution in [0.2, 0.25) is 0 Å². The van der Waals surface area contributed by atoms with Gasteiger partial charge in [0, 0.05) is 23.9 Å². The first-order chi connectivity index (χ1) is 17.5. The minimum Gasteiger partial charge on any atom is -0.444 e. The number of pyridine rings is 1. The van der Waals surface area contributed by atoms with E-state index in [9.17, 15) is 14.4 Å². The lowest BCUT2D eigenvalue weighted by molar-refractivity contribution is 0.00821. The summed E-state index contributed by atoms with van der Waals surface area (Å²) in [6.07, 6.45) is 3.40. The van der Waals surface area contributed by atoms with Crippen molar-refractivity contribution >= 4 is 23.7 Å². The number of carbonyl (C=O) groups is 3. The quantitative estimate of drug-likeness (QED) is 0.448. The highest BCUT2D eigenvalue weighted by molar-refractivity contribution is 6.04.